The van der Waals surface area contributed by atoms with Gasteiger partial charge in [-0.2, -0.15) is 0 Å². The van der Waals surface area contributed by atoms with Crippen LogP contribution in [0.5, 0.6) is 0 Å². The maximum absolute atomic E-state index is 13.3. The van der Waals surface area contributed by atoms with Crippen LogP contribution in [0.15, 0.2) is 61.1 Å². The summed E-state index contributed by atoms with van der Waals surface area (Å²) in [7, 11) is 3.47. The van der Waals surface area contributed by atoms with Crippen LogP contribution >= 0.6 is 0 Å². The summed E-state index contributed by atoms with van der Waals surface area (Å²) in [6, 6.07) is 13.4. The predicted molar refractivity (Wildman–Crippen MR) is 128 cm³/mol. The number of nitrogens with zero attached hydrogens (tertiary/aromatic N) is 4. The SMILES string of the molecule is CN(C)C(=O)c1ccc(-c2ccc3c(c2)[C@@H]2[C@@H](CCN2C(=O)c2cnccn2)[C@@H](CO)N3)cc1. The molecular weight excluding hydrogens is 430 g/mol. The van der Waals surface area contributed by atoms with Crippen LogP contribution in [-0.2, 0) is 0 Å². The van der Waals surface area contributed by atoms with Crippen molar-refractivity contribution in [1.82, 2.24) is 19.8 Å². The van der Waals surface area contributed by atoms with Crippen LogP contribution in [0.4, 0.5) is 5.69 Å². The molecule has 0 bridgehead atoms. The summed E-state index contributed by atoms with van der Waals surface area (Å²) in [5.74, 6) is -0.0984. The maximum atomic E-state index is 13.3. The second-order valence-corrected chi connectivity index (χ2v) is 9.00. The highest BCUT2D eigenvalue weighted by molar-refractivity contribution is 5.94. The van der Waals surface area contributed by atoms with E-state index in [1.54, 1.807) is 25.2 Å². The summed E-state index contributed by atoms with van der Waals surface area (Å²) >= 11 is 0. The number of carbonyl (C=O) groups excluding carboxylic acids is 2. The smallest absolute Gasteiger partial charge is 0.274 e. The first kappa shape index (κ1) is 22.0. The van der Waals surface area contributed by atoms with E-state index in [4.69, 9.17) is 0 Å². The Hall–Kier alpha value is -3.78. The highest BCUT2D eigenvalue weighted by Crippen LogP contribution is 2.47. The number of aliphatic hydroxyl groups is 1. The lowest BCUT2D eigenvalue weighted by Gasteiger charge is -2.39. The van der Waals surface area contributed by atoms with Crippen molar-refractivity contribution >= 4 is 17.5 Å². The number of hydrogen-bond acceptors (Lipinski definition) is 6. The van der Waals surface area contributed by atoms with Gasteiger partial charge < -0.3 is 20.2 Å². The van der Waals surface area contributed by atoms with E-state index < -0.39 is 0 Å². The lowest BCUT2D eigenvalue weighted by atomic mass is 9.82. The minimum absolute atomic E-state index is 0.00308. The van der Waals surface area contributed by atoms with E-state index in [-0.39, 0.29) is 36.4 Å². The molecule has 5 rings (SSSR count). The Morgan fingerprint density at radius 3 is 2.56 bits per heavy atom. The summed E-state index contributed by atoms with van der Waals surface area (Å²) in [6.45, 7) is 0.588. The first-order valence-electron chi connectivity index (χ1n) is 11.4. The second kappa shape index (κ2) is 8.87. The maximum Gasteiger partial charge on any atom is 0.274 e. The first-order valence-corrected chi connectivity index (χ1v) is 11.4. The molecule has 2 N–H and O–H groups in total. The Morgan fingerprint density at radius 2 is 1.88 bits per heavy atom. The predicted octanol–water partition coefficient (Wildman–Crippen LogP) is 2.84. The zero-order valence-electron chi connectivity index (χ0n) is 19.2. The molecule has 1 saturated heterocycles. The Kier molecular flexibility index (Phi) is 5.75. The van der Waals surface area contributed by atoms with Gasteiger partial charge in [0, 0.05) is 50.2 Å². The van der Waals surface area contributed by atoms with E-state index in [0.717, 1.165) is 28.8 Å². The van der Waals surface area contributed by atoms with E-state index in [1.807, 2.05) is 41.3 Å². The molecule has 1 aromatic heterocycles. The van der Waals surface area contributed by atoms with Crippen LogP contribution in [0.3, 0.4) is 0 Å². The lowest BCUT2D eigenvalue weighted by Crippen LogP contribution is -2.43. The highest BCUT2D eigenvalue weighted by Gasteiger charge is 2.46. The molecule has 3 heterocycles. The number of hydrogen-bond donors (Lipinski definition) is 2. The fourth-order valence-electron chi connectivity index (χ4n) is 5.09. The van der Waals surface area contributed by atoms with Crippen LogP contribution in [0.25, 0.3) is 11.1 Å². The molecule has 2 amide bonds. The van der Waals surface area contributed by atoms with Crippen molar-refractivity contribution in [2.45, 2.75) is 18.5 Å². The van der Waals surface area contributed by atoms with E-state index >= 15 is 0 Å². The van der Waals surface area contributed by atoms with E-state index in [1.165, 1.54) is 12.4 Å². The van der Waals surface area contributed by atoms with Gasteiger partial charge in [-0.15, -0.1) is 0 Å². The van der Waals surface area contributed by atoms with Crippen molar-refractivity contribution < 1.29 is 14.7 Å². The number of aliphatic hydroxyl groups excluding tert-OH is 1. The third-order valence-corrected chi connectivity index (χ3v) is 6.78. The van der Waals surface area contributed by atoms with Gasteiger partial charge in [-0.25, -0.2) is 4.98 Å². The van der Waals surface area contributed by atoms with Crippen molar-refractivity contribution in [3.05, 3.63) is 77.9 Å². The molecule has 0 saturated carbocycles. The standard InChI is InChI=1S/C26H27N5O3/c1-30(2)25(33)17-5-3-16(4-6-17)18-7-8-21-20(13-18)24-19(23(15-32)29-21)9-12-31(24)26(34)22-14-27-10-11-28-22/h3-8,10-11,13-14,19,23-24,29,32H,9,12,15H2,1-2H3/t19-,23+,24-/m0/s1. The van der Waals surface area contributed by atoms with Crippen LogP contribution < -0.4 is 5.32 Å². The molecule has 3 aromatic rings. The van der Waals surface area contributed by atoms with Crippen LogP contribution in [0.2, 0.25) is 0 Å². The number of fused-ring (bicyclic) bond motifs is 3. The topological polar surface area (TPSA) is 98.7 Å². The zero-order valence-corrected chi connectivity index (χ0v) is 19.2. The molecule has 8 nitrogen and oxygen atoms in total. The molecule has 2 aliphatic rings. The largest absolute Gasteiger partial charge is 0.394 e. The first-order chi connectivity index (χ1) is 16.5. The Morgan fingerprint density at radius 1 is 1.12 bits per heavy atom. The van der Waals surface area contributed by atoms with Crippen LogP contribution in [-0.4, -0.2) is 70.0 Å². The summed E-state index contributed by atoms with van der Waals surface area (Å²) < 4.78 is 0. The molecular formula is C26H27N5O3. The molecule has 0 unspecified atom stereocenters. The van der Waals surface area contributed by atoms with Gasteiger partial charge in [-0.05, 0) is 47.4 Å². The average Bonchev–Trinajstić information content (AvgIpc) is 3.33. The Bertz CT molecular complexity index is 1210. The minimum atomic E-state index is -0.169. The molecule has 8 heteroatoms. The lowest BCUT2D eigenvalue weighted by molar-refractivity contribution is 0.0694. The van der Waals surface area contributed by atoms with Crippen LogP contribution in [0.1, 0.15) is 38.9 Å². The Labute approximate surface area is 198 Å². The number of carbonyl (C=O) groups is 2. The molecule has 2 aliphatic heterocycles. The van der Waals surface area contributed by atoms with E-state index in [9.17, 15) is 14.7 Å². The molecule has 3 atom stereocenters. The number of nitrogens with one attached hydrogen (secondary N) is 1. The van der Waals surface area contributed by atoms with Gasteiger partial charge in [0.25, 0.3) is 11.8 Å². The number of likely N-dealkylation sites (tertiary alicyclic amines) is 1. The number of benzene rings is 2. The molecule has 174 valence electrons. The molecule has 34 heavy (non-hydrogen) atoms. The summed E-state index contributed by atoms with van der Waals surface area (Å²) in [4.78, 5) is 37.2. The average molecular weight is 458 g/mol. The van der Waals surface area contributed by atoms with Gasteiger partial charge in [-0.1, -0.05) is 18.2 Å². The van der Waals surface area contributed by atoms with Crippen molar-refractivity contribution in [3.63, 3.8) is 0 Å². The number of amides is 2. The number of anilines is 1. The fourth-order valence-corrected chi connectivity index (χ4v) is 5.09. The highest BCUT2D eigenvalue weighted by atomic mass is 16.3. The van der Waals surface area contributed by atoms with Gasteiger partial charge in [0.05, 0.1) is 24.9 Å². The third-order valence-electron chi connectivity index (χ3n) is 6.78. The normalized spacial score (nSPS) is 20.8. The summed E-state index contributed by atoms with van der Waals surface area (Å²) in [6.07, 6.45) is 5.36. The molecule has 0 radical (unpaired) electrons. The molecule has 1 fully saturated rings. The monoisotopic (exact) mass is 457 g/mol. The number of aromatic nitrogens is 2. The van der Waals surface area contributed by atoms with E-state index in [0.29, 0.717) is 17.8 Å². The van der Waals surface area contributed by atoms with Crippen molar-refractivity contribution in [2.24, 2.45) is 5.92 Å². The van der Waals surface area contributed by atoms with Gasteiger partial charge in [-0.3, -0.25) is 14.6 Å². The minimum Gasteiger partial charge on any atom is -0.394 e. The second-order valence-electron chi connectivity index (χ2n) is 9.00. The van der Waals surface area contributed by atoms with Gasteiger partial charge in [0.2, 0.25) is 0 Å². The quantitative estimate of drug-likeness (QED) is 0.625. The summed E-state index contributed by atoms with van der Waals surface area (Å²) in [5, 5.41) is 13.5. The van der Waals surface area contributed by atoms with Gasteiger partial charge in [0.1, 0.15) is 5.69 Å². The third kappa shape index (κ3) is 3.80. The van der Waals surface area contributed by atoms with Gasteiger partial charge in [0.15, 0.2) is 0 Å². The molecule has 2 aromatic carbocycles. The van der Waals surface area contributed by atoms with Crippen molar-refractivity contribution in [1.29, 1.82) is 0 Å². The number of rotatable bonds is 4. The molecule has 0 aliphatic carbocycles. The van der Waals surface area contributed by atoms with Crippen molar-refractivity contribution in [3.8, 4) is 11.1 Å². The van der Waals surface area contributed by atoms with Gasteiger partial charge >= 0.3 is 0 Å². The molecule has 0 spiro atoms. The fraction of sp³-hybridized carbons (Fsp3) is 0.308. The van der Waals surface area contributed by atoms with E-state index in [2.05, 4.69) is 21.4 Å². The van der Waals surface area contributed by atoms with Crippen molar-refractivity contribution in [2.75, 3.05) is 32.6 Å². The summed E-state index contributed by atoms with van der Waals surface area (Å²) in [5.41, 5.74) is 4.89. The van der Waals surface area contributed by atoms with Crippen LogP contribution in [0, 0.1) is 5.92 Å². The Balaban J connectivity index is 1.52. The zero-order chi connectivity index (χ0) is 23.8.